The SMILES string of the molecule is COc1cc(/C=N\n2c(C)n[nH]c2=S)c([N+](=O)[O-])cc1OCc1ccccc1. The maximum absolute atomic E-state index is 11.5. The van der Waals surface area contributed by atoms with Gasteiger partial charge in [0.2, 0.25) is 4.77 Å². The minimum atomic E-state index is -0.502. The van der Waals surface area contributed by atoms with Crippen LogP contribution in [0.5, 0.6) is 11.5 Å². The molecular formula is C18H17N5O4S. The van der Waals surface area contributed by atoms with E-state index in [1.54, 1.807) is 6.92 Å². The van der Waals surface area contributed by atoms with Gasteiger partial charge in [0.25, 0.3) is 5.69 Å². The molecule has 0 spiro atoms. The molecular weight excluding hydrogens is 382 g/mol. The number of hydrogen-bond acceptors (Lipinski definition) is 7. The molecule has 0 unspecified atom stereocenters. The van der Waals surface area contributed by atoms with Gasteiger partial charge < -0.3 is 9.47 Å². The number of rotatable bonds is 7. The highest BCUT2D eigenvalue weighted by molar-refractivity contribution is 7.71. The molecule has 1 heterocycles. The molecule has 0 saturated heterocycles. The molecule has 0 aliphatic heterocycles. The maximum atomic E-state index is 11.5. The molecule has 0 bridgehead atoms. The fraction of sp³-hybridized carbons (Fsp3) is 0.167. The second kappa shape index (κ2) is 8.44. The summed E-state index contributed by atoms with van der Waals surface area (Å²) in [6, 6.07) is 12.3. The number of nitro benzene ring substituents is 1. The van der Waals surface area contributed by atoms with E-state index in [4.69, 9.17) is 21.7 Å². The second-order valence-electron chi connectivity index (χ2n) is 5.73. The first-order valence-electron chi connectivity index (χ1n) is 8.21. The smallest absolute Gasteiger partial charge is 0.282 e. The molecule has 2 aromatic carbocycles. The quantitative estimate of drug-likeness (QED) is 0.281. The van der Waals surface area contributed by atoms with Crippen LogP contribution in [0, 0.1) is 21.8 Å². The average molecular weight is 399 g/mol. The van der Waals surface area contributed by atoms with Crippen LogP contribution >= 0.6 is 12.2 Å². The second-order valence-corrected chi connectivity index (χ2v) is 6.11. The first-order valence-corrected chi connectivity index (χ1v) is 8.62. The standard InChI is InChI=1S/C18H17N5O4S/c1-12-20-21-18(28)22(12)19-10-14-8-16(26-2)17(9-15(14)23(24)25)27-11-13-6-4-3-5-7-13/h3-10H,11H2,1-2H3,(H,21,28)/b19-10-. The lowest BCUT2D eigenvalue weighted by Crippen LogP contribution is -2.02. The zero-order valence-corrected chi connectivity index (χ0v) is 16.0. The summed E-state index contributed by atoms with van der Waals surface area (Å²) in [6.07, 6.45) is 1.33. The third kappa shape index (κ3) is 4.23. The zero-order chi connectivity index (χ0) is 20.1. The van der Waals surface area contributed by atoms with Gasteiger partial charge in [0.15, 0.2) is 11.5 Å². The number of aromatic amines is 1. The van der Waals surface area contributed by atoms with Gasteiger partial charge in [-0.1, -0.05) is 30.3 Å². The number of benzene rings is 2. The van der Waals surface area contributed by atoms with E-state index >= 15 is 0 Å². The number of nitrogens with zero attached hydrogens (tertiary/aromatic N) is 4. The van der Waals surface area contributed by atoms with E-state index in [0.29, 0.717) is 11.6 Å². The predicted octanol–water partition coefficient (Wildman–Crippen LogP) is 3.63. The van der Waals surface area contributed by atoms with Crippen molar-refractivity contribution in [2.75, 3.05) is 7.11 Å². The van der Waals surface area contributed by atoms with Gasteiger partial charge in [-0.15, -0.1) is 0 Å². The third-order valence-electron chi connectivity index (χ3n) is 3.87. The van der Waals surface area contributed by atoms with E-state index in [9.17, 15) is 10.1 Å². The molecule has 144 valence electrons. The van der Waals surface area contributed by atoms with Crippen LogP contribution in [0.3, 0.4) is 0 Å². The summed E-state index contributed by atoms with van der Waals surface area (Å²) in [4.78, 5) is 11.0. The fourth-order valence-electron chi connectivity index (χ4n) is 2.46. The summed E-state index contributed by atoms with van der Waals surface area (Å²) < 4.78 is 12.7. The molecule has 0 aliphatic rings. The number of aromatic nitrogens is 3. The van der Waals surface area contributed by atoms with Gasteiger partial charge in [-0.2, -0.15) is 14.9 Å². The van der Waals surface area contributed by atoms with Crippen LogP contribution in [0.1, 0.15) is 17.0 Å². The van der Waals surface area contributed by atoms with Gasteiger partial charge in [-0.05, 0) is 30.8 Å². The lowest BCUT2D eigenvalue weighted by molar-refractivity contribution is -0.385. The molecule has 0 atom stereocenters. The molecule has 0 aliphatic carbocycles. The summed E-state index contributed by atoms with van der Waals surface area (Å²) >= 11 is 5.08. The van der Waals surface area contributed by atoms with Crippen LogP contribution in [-0.4, -0.2) is 33.1 Å². The number of ether oxygens (including phenoxy) is 2. The van der Waals surface area contributed by atoms with Gasteiger partial charge in [-0.25, -0.2) is 0 Å². The van der Waals surface area contributed by atoms with Crippen molar-refractivity contribution in [2.45, 2.75) is 13.5 Å². The minimum absolute atomic E-state index is 0.166. The average Bonchev–Trinajstić information content (AvgIpc) is 3.02. The van der Waals surface area contributed by atoms with Crippen LogP contribution in [0.4, 0.5) is 5.69 Å². The Bertz CT molecular complexity index is 1080. The van der Waals surface area contributed by atoms with Crippen LogP contribution in [-0.2, 0) is 6.61 Å². The van der Waals surface area contributed by atoms with Crippen LogP contribution < -0.4 is 9.47 Å². The molecule has 28 heavy (non-hydrogen) atoms. The van der Waals surface area contributed by atoms with E-state index in [1.807, 2.05) is 30.3 Å². The normalized spacial score (nSPS) is 10.9. The highest BCUT2D eigenvalue weighted by Gasteiger charge is 2.19. The first kappa shape index (κ1) is 19.2. The Balaban J connectivity index is 1.95. The van der Waals surface area contributed by atoms with Crippen molar-refractivity contribution in [3.05, 3.63) is 74.3 Å². The molecule has 10 heteroatoms. The van der Waals surface area contributed by atoms with Crippen molar-refractivity contribution in [2.24, 2.45) is 5.10 Å². The monoisotopic (exact) mass is 399 g/mol. The molecule has 1 N–H and O–H groups in total. The molecule has 3 rings (SSSR count). The van der Waals surface area contributed by atoms with E-state index < -0.39 is 4.92 Å². The van der Waals surface area contributed by atoms with Crippen molar-refractivity contribution >= 4 is 24.1 Å². The van der Waals surface area contributed by atoms with Crippen molar-refractivity contribution in [3.8, 4) is 11.5 Å². The predicted molar refractivity (Wildman–Crippen MR) is 106 cm³/mol. The summed E-state index contributed by atoms with van der Waals surface area (Å²) in [5, 5.41) is 22.3. The molecule has 0 amide bonds. The molecule has 0 radical (unpaired) electrons. The Morgan fingerprint density at radius 3 is 2.68 bits per heavy atom. The Kier molecular flexibility index (Phi) is 5.80. The van der Waals surface area contributed by atoms with E-state index in [1.165, 1.54) is 30.1 Å². The maximum Gasteiger partial charge on any atom is 0.282 e. The van der Waals surface area contributed by atoms with Gasteiger partial charge in [-0.3, -0.25) is 15.2 Å². The van der Waals surface area contributed by atoms with Crippen molar-refractivity contribution in [3.63, 3.8) is 0 Å². The van der Waals surface area contributed by atoms with E-state index in [2.05, 4.69) is 15.3 Å². The molecule has 1 aromatic heterocycles. The summed E-state index contributed by atoms with van der Waals surface area (Å²) in [6.45, 7) is 1.96. The highest BCUT2D eigenvalue weighted by Crippen LogP contribution is 2.34. The largest absolute Gasteiger partial charge is 0.493 e. The van der Waals surface area contributed by atoms with Crippen molar-refractivity contribution < 1.29 is 14.4 Å². The first-order chi connectivity index (χ1) is 13.5. The number of hydrogen-bond donors (Lipinski definition) is 1. The van der Waals surface area contributed by atoms with Crippen LogP contribution in [0.15, 0.2) is 47.6 Å². The van der Waals surface area contributed by atoms with Crippen LogP contribution in [0.2, 0.25) is 0 Å². The van der Waals surface area contributed by atoms with E-state index in [0.717, 1.165) is 5.56 Å². The third-order valence-corrected chi connectivity index (χ3v) is 4.14. The van der Waals surface area contributed by atoms with Crippen molar-refractivity contribution in [1.29, 1.82) is 0 Å². The van der Waals surface area contributed by atoms with E-state index in [-0.39, 0.29) is 28.4 Å². The molecule has 9 nitrogen and oxygen atoms in total. The van der Waals surface area contributed by atoms with Gasteiger partial charge in [0.1, 0.15) is 12.4 Å². The summed E-state index contributed by atoms with van der Waals surface area (Å²) in [5.41, 5.74) is 1.01. The van der Waals surface area contributed by atoms with Gasteiger partial charge >= 0.3 is 0 Å². The Morgan fingerprint density at radius 2 is 2.07 bits per heavy atom. The number of aryl methyl sites for hydroxylation is 1. The lowest BCUT2D eigenvalue weighted by atomic mass is 10.1. The Morgan fingerprint density at radius 1 is 1.32 bits per heavy atom. The Hall–Kier alpha value is -3.53. The number of nitro groups is 1. The highest BCUT2D eigenvalue weighted by atomic mass is 32.1. The zero-order valence-electron chi connectivity index (χ0n) is 15.2. The number of methoxy groups -OCH3 is 1. The fourth-order valence-corrected chi connectivity index (χ4v) is 2.69. The van der Waals surface area contributed by atoms with Crippen LogP contribution in [0.25, 0.3) is 0 Å². The Labute approximate surface area is 165 Å². The van der Waals surface area contributed by atoms with Crippen molar-refractivity contribution in [1.82, 2.24) is 14.9 Å². The molecule has 0 saturated carbocycles. The number of H-pyrrole nitrogens is 1. The lowest BCUT2D eigenvalue weighted by Gasteiger charge is -2.12. The van der Waals surface area contributed by atoms with Gasteiger partial charge in [0.05, 0.1) is 29.9 Å². The van der Waals surface area contributed by atoms with Gasteiger partial charge in [0, 0.05) is 0 Å². The minimum Gasteiger partial charge on any atom is -0.493 e. The molecule has 0 fully saturated rings. The number of nitrogens with one attached hydrogen (secondary N) is 1. The summed E-state index contributed by atoms with van der Waals surface area (Å²) in [7, 11) is 1.47. The topological polar surface area (TPSA) is 108 Å². The molecule has 3 aromatic rings. The summed E-state index contributed by atoms with van der Waals surface area (Å²) in [5.74, 6) is 1.15.